The highest BCUT2D eigenvalue weighted by molar-refractivity contribution is 9.10. The number of rotatable bonds is 4. The van der Waals surface area contributed by atoms with E-state index in [1.807, 2.05) is 0 Å². The van der Waals surface area contributed by atoms with Crippen LogP contribution in [-0.4, -0.2) is 17.5 Å². The van der Waals surface area contributed by atoms with Crippen LogP contribution in [0.25, 0.3) is 0 Å². The second-order valence-corrected chi connectivity index (χ2v) is 4.55. The largest absolute Gasteiger partial charge is 0.462 e. The third kappa shape index (κ3) is 3.26. The lowest BCUT2D eigenvalue weighted by Crippen LogP contribution is -2.11. The van der Waals surface area contributed by atoms with Gasteiger partial charge in [-0.05, 0) is 18.6 Å². The molecular formula is C10H9Br2NO4. The Morgan fingerprint density at radius 3 is 2.65 bits per heavy atom. The van der Waals surface area contributed by atoms with Crippen LogP contribution in [0, 0.1) is 10.1 Å². The highest BCUT2D eigenvalue weighted by Crippen LogP contribution is 2.29. The molecule has 0 fully saturated rings. The lowest BCUT2D eigenvalue weighted by Gasteiger charge is -2.08. The Morgan fingerprint density at radius 2 is 2.18 bits per heavy atom. The Bertz CT molecular complexity index is 462. The van der Waals surface area contributed by atoms with Gasteiger partial charge in [0.2, 0.25) is 0 Å². The van der Waals surface area contributed by atoms with Gasteiger partial charge in [-0.15, -0.1) is 0 Å². The van der Waals surface area contributed by atoms with Gasteiger partial charge in [-0.3, -0.25) is 10.1 Å². The van der Waals surface area contributed by atoms with E-state index >= 15 is 0 Å². The number of hydrogen-bond acceptors (Lipinski definition) is 4. The molecule has 0 aliphatic rings. The molecule has 1 aromatic carbocycles. The van der Waals surface area contributed by atoms with Gasteiger partial charge in [-0.1, -0.05) is 31.9 Å². The van der Waals surface area contributed by atoms with Crippen LogP contribution in [-0.2, 0) is 10.1 Å². The molecule has 0 radical (unpaired) electrons. The van der Waals surface area contributed by atoms with Gasteiger partial charge in [0.1, 0.15) is 5.56 Å². The van der Waals surface area contributed by atoms with Gasteiger partial charge in [0.15, 0.2) is 0 Å². The number of nitrogens with zero attached hydrogens (tertiary/aromatic N) is 1. The summed E-state index contributed by atoms with van der Waals surface area (Å²) in [6, 6.07) is 2.94. The molecule has 0 aromatic heterocycles. The Balaban J connectivity index is 3.41. The highest BCUT2D eigenvalue weighted by atomic mass is 79.9. The Labute approximate surface area is 115 Å². The van der Waals surface area contributed by atoms with Crippen molar-refractivity contribution in [3.8, 4) is 0 Å². The molecular weight excluding hydrogens is 358 g/mol. The summed E-state index contributed by atoms with van der Waals surface area (Å²) in [6.07, 6.45) is 0. The van der Waals surface area contributed by atoms with E-state index in [0.717, 1.165) is 0 Å². The Kier molecular flexibility index (Phi) is 5.07. The first-order valence-corrected chi connectivity index (χ1v) is 6.62. The van der Waals surface area contributed by atoms with Gasteiger partial charge >= 0.3 is 5.97 Å². The van der Waals surface area contributed by atoms with E-state index in [0.29, 0.717) is 15.4 Å². The van der Waals surface area contributed by atoms with Crippen molar-refractivity contribution < 1.29 is 14.5 Å². The normalized spacial score (nSPS) is 10.1. The van der Waals surface area contributed by atoms with E-state index in [1.165, 1.54) is 6.07 Å². The van der Waals surface area contributed by atoms with Crippen molar-refractivity contribution in [3.63, 3.8) is 0 Å². The summed E-state index contributed by atoms with van der Waals surface area (Å²) in [5.74, 6) is -0.679. The number of ether oxygens (including phenoxy) is 1. The lowest BCUT2D eigenvalue weighted by molar-refractivity contribution is -0.385. The Hall–Kier alpha value is -0.950. The molecule has 1 aromatic rings. The summed E-state index contributed by atoms with van der Waals surface area (Å²) in [4.78, 5) is 22.0. The third-order valence-electron chi connectivity index (χ3n) is 1.98. The van der Waals surface area contributed by atoms with E-state index in [1.54, 1.807) is 13.0 Å². The number of halogens is 2. The molecule has 0 atom stereocenters. The van der Waals surface area contributed by atoms with E-state index < -0.39 is 10.9 Å². The molecule has 7 heteroatoms. The fourth-order valence-corrected chi connectivity index (χ4v) is 2.27. The molecule has 0 aliphatic carbocycles. The Morgan fingerprint density at radius 1 is 1.53 bits per heavy atom. The van der Waals surface area contributed by atoms with Crippen LogP contribution in [0.2, 0.25) is 0 Å². The highest BCUT2D eigenvalue weighted by Gasteiger charge is 2.25. The number of nitro groups is 1. The van der Waals surface area contributed by atoms with Crippen LogP contribution in [0.5, 0.6) is 0 Å². The molecule has 0 aliphatic heterocycles. The number of benzene rings is 1. The van der Waals surface area contributed by atoms with Crippen molar-refractivity contribution in [1.29, 1.82) is 0 Å². The van der Waals surface area contributed by atoms with Crippen molar-refractivity contribution in [3.05, 3.63) is 37.8 Å². The molecule has 0 saturated heterocycles. The standard InChI is InChI=1S/C10H9Br2NO4/c1-2-17-10(14)9-6(5-11)3-7(12)4-8(9)13(15)16/h3-4H,2,5H2,1H3. The minimum absolute atomic E-state index is 0.00285. The average molecular weight is 367 g/mol. The maximum atomic E-state index is 11.7. The summed E-state index contributed by atoms with van der Waals surface area (Å²) in [5.41, 5.74) is 0.258. The van der Waals surface area contributed by atoms with Gasteiger partial charge in [0.25, 0.3) is 5.69 Å². The first-order valence-electron chi connectivity index (χ1n) is 4.71. The second-order valence-electron chi connectivity index (χ2n) is 3.07. The van der Waals surface area contributed by atoms with Crippen LogP contribution in [0.1, 0.15) is 22.8 Å². The van der Waals surface area contributed by atoms with E-state index in [2.05, 4.69) is 31.9 Å². The number of hydrogen-bond donors (Lipinski definition) is 0. The van der Waals surface area contributed by atoms with Crippen molar-refractivity contribution in [2.75, 3.05) is 6.61 Å². The number of carbonyl (C=O) groups excluding carboxylic acids is 1. The quantitative estimate of drug-likeness (QED) is 0.354. The monoisotopic (exact) mass is 365 g/mol. The molecule has 0 spiro atoms. The lowest BCUT2D eigenvalue weighted by atomic mass is 10.1. The minimum atomic E-state index is -0.679. The molecule has 1 rings (SSSR count). The number of carbonyl (C=O) groups is 1. The first kappa shape index (κ1) is 14.1. The zero-order valence-corrected chi connectivity index (χ0v) is 12.1. The van der Waals surface area contributed by atoms with Gasteiger partial charge < -0.3 is 4.74 Å². The third-order valence-corrected chi connectivity index (χ3v) is 3.05. The van der Waals surface area contributed by atoms with Gasteiger partial charge in [0.05, 0.1) is 11.5 Å². The molecule has 0 bridgehead atoms. The minimum Gasteiger partial charge on any atom is -0.462 e. The SMILES string of the molecule is CCOC(=O)c1c(CBr)cc(Br)cc1[N+](=O)[O-]. The molecule has 0 N–H and O–H groups in total. The second kappa shape index (κ2) is 6.11. The predicted molar refractivity (Wildman–Crippen MR) is 69.4 cm³/mol. The van der Waals surface area contributed by atoms with Gasteiger partial charge in [-0.25, -0.2) is 4.79 Å². The summed E-state index contributed by atoms with van der Waals surface area (Å²) < 4.78 is 5.37. The zero-order chi connectivity index (χ0) is 13.0. The molecule has 5 nitrogen and oxygen atoms in total. The van der Waals surface area contributed by atoms with Gasteiger partial charge in [0, 0.05) is 15.9 Å². The van der Waals surface area contributed by atoms with Crippen molar-refractivity contribution in [2.24, 2.45) is 0 Å². The smallest absolute Gasteiger partial charge is 0.345 e. The molecule has 0 heterocycles. The molecule has 92 valence electrons. The van der Waals surface area contributed by atoms with Crippen LogP contribution in [0.15, 0.2) is 16.6 Å². The topological polar surface area (TPSA) is 69.4 Å². The molecule has 0 unspecified atom stereocenters. The maximum Gasteiger partial charge on any atom is 0.345 e. The van der Waals surface area contributed by atoms with Crippen molar-refractivity contribution in [2.45, 2.75) is 12.3 Å². The molecule has 0 saturated carbocycles. The van der Waals surface area contributed by atoms with Crippen LogP contribution >= 0.6 is 31.9 Å². The fourth-order valence-electron chi connectivity index (χ4n) is 1.34. The first-order chi connectivity index (χ1) is 8.01. The fraction of sp³-hybridized carbons (Fsp3) is 0.300. The van der Waals surface area contributed by atoms with E-state index in [-0.39, 0.29) is 17.9 Å². The van der Waals surface area contributed by atoms with Crippen molar-refractivity contribution >= 4 is 43.5 Å². The average Bonchev–Trinajstić information content (AvgIpc) is 2.27. The summed E-state index contributed by atoms with van der Waals surface area (Å²) in [5, 5.41) is 11.2. The van der Waals surface area contributed by atoms with Crippen LogP contribution in [0.3, 0.4) is 0 Å². The number of nitro benzene ring substituents is 1. The van der Waals surface area contributed by atoms with Crippen LogP contribution in [0.4, 0.5) is 5.69 Å². The summed E-state index contributed by atoms with van der Waals surface area (Å²) in [6.45, 7) is 1.82. The summed E-state index contributed by atoms with van der Waals surface area (Å²) in [7, 11) is 0. The van der Waals surface area contributed by atoms with Crippen molar-refractivity contribution in [1.82, 2.24) is 0 Å². The van der Waals surface area contributed by atoms with E-state index in [4.69, 9.17) is 4.74 Å². The maximum absolute atomic E-state index is 11.7. The summed E-state index contributed by atoms with van der Waals surface area (Å²) >= 11 is 6.36. The van der Waals surface area contributed by atoms with Crippen LogP contribution < -0.4 is 0 Å². The number of alkyl halides is 1. The van der Waals surface area contributed by atoms with E-state index in [9.17, 15) is 14.9 Å². The zero-order valence-electron chi connectivity index (χ0n) is 8.91. The predicted octanol–water partition coefficient (Wildman–Crippen LogP) is 3.43. The van der Waals surface area contributed by atoms with Gasteiger partial charge in [-0.2, -0.15) is 0 Å². The number of esters is 1. The molecule has 0 amide bonds. The molecule has 17 heavy (non-hydrogen) atoms.